The van der Waals surface area contributed by atoms with E-state index in [1.807, 2.05) is 54.6 Å². The average Bonchev–Trinajstić information content (AvgIpc) is 3.01. The summed E-state index contributed by atoms with van der Waals surface area (Å²) in [5, 5.41) is 0. The molecule has 0 radical (unpaired) electrons. The highest BCUT2D eigenvalue weighted by Crippen LogP contribution is 2.64. The van der Waals surface area contributed by atoms with Crippen molar-refractivity contribution in [2.45, 2.75) is 18.3 Å². The summed E-state index contributed by atoms with van der Waals surface area (Å²) >= 11 is 0. The Bertz CT molecular complexity index is 1100. The fraction of sp³-hybridized carbons (Fsp3) is 0.200. The van der Waals surface area contributed by atoms with Crippen molar-refractivity contribution in [3.05, 3.63) is 101 Å². The van der Waals surface area contributed by atoms with Crippen LogP contribution in [0.3, 0.4) is 0 Å². The molecule has 0 N–H and O–H groups in total. The standard InChI is InChI=1S/C25H19NO2/c1-25-18-13-7-5-11-16(18)20(17-12-6-8-14-19(17)25)21-22(25)24(28)26(23(21)27)15-9-3-2-4-10-15/h2-14,20-22H,1H3/t20?,21-,22-,25?/m0/s1. The van der Waals surface area contributed by atoms with Crippen molar-refractivity contribution in [1.82, 2.24) is 0 Å². The molecule has 1 saturated heterocycles. The van der Waals surface area contributed by atoms with Gasteiger partial charge in [-0.1, -0.05) is 73.7 Å². The van der Waals surface area contributed by atoms with Gasteiger partial charge in [0, 0.05) is 11.3 Å². The third-order valence-electron chi connectivity index (χ3n) is 7.06. The molecule has 1 aliphatic heterocycles. The van der Waals surface area contributed by atoms with E-state index >= 15 is 0 Å². The van der Waals surface area contributed by atoms with Gasteiger partial charge in [0.15, 0.2) is 0 Å². The molecule has 3 nitrogen and oxygen atoms in total. The summed E-state index contributed by atoms with van der Waals surface area (Å²) in [6.07, 6.45) is 0. The van der Waals surface area contributed by atoms with Crippen molar-refractivity contribution in [3.8, 4) is 0 Å². The fourth-order valence-electron chi connectivity index (χ4n) is 5.98. The molecule has 7 rings (SSSR count). The van der Waals surface area contributed by atoms with Crippen LogP contribution in [0.2, 0.25) is 0 Å². The number of carbonyl (C=O) groups is 2. The smallest absolute Gasteiger partial charge is 0.238 e. The van der Waals surface area contributed by atoms with Crippen LogP contribution in [-0.4, -0.2) is 11.8 Å². The van der Waals surface area contributed by atoms with E-state index in [9.17, 15) is 9.59 Å². The van der Waals surface area contributed by atoms with E-state index in [1.54, 1.807) is 0 Å². The predicted molar refractivity (Wildman–Crippen MR) is 107 cm³/mol. The molecular weight excluding hydrogens is 346 g/mol. The van der Waals surface area contributed by atoms with E-state index in [2.05, 4.69) is 31.2 Å². The first kappa shape index (κ1) is 15.8. The molecular formula is C25H19NO2. The Balaban J connectivity index is 1.64. The third-order valence-corrected chi connectivity index (χ3v) is 7.06. The lowest BCUT2D eigenvalue weighted by Crippen LogP contribution is -2.51. The van der Waals surface area contributed by atoms with Crippen LogP contribution in [0.25, 0.3) is 0 Å². The summed E-state index contributed by atoms with van der Waals surface area (Å²) in [5.41, 5.74) is 4.94. The van der Waals surface area contributed by atoms with Gasteiger partial charge in [0.25, 0.3) is 0 Å². The number of benzene rings is 3. The first-order valence-electron chi connectivity index (χ1n) is 9.75. The number of nitrogens with zero attached hydrogens (tertiary/aromatic N) is 1. The molecule has 4 aliphatic rings. The summed E-state index contributed by atoms with van der Waals surface area (Å²) in [5.74, 6) is -0.916. The molecule has 3 aliphatic carbocycles. The van der Waals surface area contributed by atoms with Crippen LogP contribution in [0, 0.1) is 11.8 Å². The molecule has 0 aromatic heterocycles. The minimum Gasteiger partial charge on any atom is -0.274 e. The van der Waals surface area contributed by atoms with Crippen molar-refractivity contribution in [1.29, 1.82) is 0 Å². The first-order valence-corrected chi connectivity index (χ1v) is 9.75. The lowest BCUT2D eigenvalue weighted by atomic mass is 9.48. The summed E-state index contributed by atoms with van der Waals surface area (Å²) < 4.78 is 0. The molecule has 0 unspecified atom stereocenters. The van der Waals surface area contributed by atoms with Crippen LogP contribution in [-0.2, 0) is 15.0 Å². The number of para-hydroxylation sites is 1. The zero-order valence-corrected chi connectivity index (χ0v) is 15.5. The maximum absolute atomic E-state index is 13.7. The third kappa shape index (κ3) is 1.66. The second kappa shape index (κ2) is 5.20. The van der Waals surface area contributed by atoms with Crippen LogP contribution in [0.15, 0.2) is 78.9 Å². The lowest BCUT2D eigenvalue weighted by Gasteiger charge is -2.52. The van der Waals surface area contributed by atoms with Gasteiger partial charge in [-0.2, -0.15) is 0 Å². The highest BCUT2D eigenvalue weighted by atomic mass is 16.2. The Hall–Kier alpha value is -3.20. The Morgan fingerprint density at radius 1 is 0.714 bits per heavy atom. The van der Waals surface area contributed by atoms with E-state index in [-0.39, 0.29) is 29.6 Å². The topological polar surface area (TPSA) is 37.4 Å². The number of rotatable bonds is 1. The van der Waals surface area contributed by atoms with Crippen molar-refractivity contribution < 1.29 is 9.59 Å². The molecule has 1 fully saturated rings. The van der Waals surface area contributed by atoms with Crippen LogP contribution in [0.5, 0.6) is 0 Å². The number of carbonyl (C=O) groups excluding carboxylic acids is 2. The number of hydrogen-bond acceptors (Lipinski definition) is 2. The molecule has 2 atom stereocenters. The van der Waals surface area contributed by atoms with Gasteiger partial charge in [0.1, 0.15) is 0 Å². The van der Waals surface area contributed by atoms with Crippen molar-refractivity contribution in [2.24, 2.45) is 11.8 Å². The predicted octanol–water partition coefficient (Wildman–Crippen LogP) is 4.26. The second-order valence-electron chi connectivity index (χ2n) is 8.21. The molecule has 3 heteroatoms. The summed E-state index contributed by atoms with van der Waals surface area (Å²) in [7, 11) is 0. The summed E-state index contributed by atoms with van der Waals surface area (Å²) in [4.78, 5) is 28.7. The number of imide groups is 1. The minimum absolute atomic E-state index is 0.0654. The molecule has 0 saturated carbocycles. The van der Waals surface area contributed by atoms with Gasteiger partial charge >= 0.3 is 0 Å². The van der Waals surface area contributed by atoms with E-state index in [0.29, 0.717) is 5.69 Å². The van der Waals surface area contributed by atoms with Crippen LogP contribution in [0.1, 0.15) is 35.1 Å². The maximum Gasteiger partial charge on any atom is 0.238 e. The largest absolute Gasteiger partial charge is 0.274 e. The molecule has 0 spiro atoms. The maximum atomic E-state index is 13.7. The van der Waals surface area contributed by atoms with Crippen LogP contribution >= 0.6 is 0 Å². The zero-order chi connectivity index (χ0) is 19.0. The zero-order valence-electron chi connectivity index (χ0n) is 15.5. The van der Waals surface area contributed by atoms with Gasteiger partial charge in [-0.25, -0.2) is 4.90 Å². The minimum atomic E-state index is -0.497. The first-order chi connectivity index (χ1) is 13.6. The average molecular weight is 365 g/mol. The summed E-state index contributed by atoms with van der Waals surface area (Å²) in [6, 6.07) is 26.0. The highest BCUT2D eigenvalue weighted by Gasteiger charge is 2.66. The van der Waals surface area contributed by atoms with Gasteiger partial charge in [0.2, 0.25) is 11.8 Å². The van der Waals surface area contributed by atoms with E-state index in [4.69, 9.17) is 0 Å². The molecule has 3 aromatic carbocycles. The molecule has 1 heterocycles. The Labute approximate surface area is 163 Å². The monoisotopic (exact) mass is 365 g/mol. The Morgan fingerprint density at radius 2 is 1.25 bits per heavy atom. The van der Waals surface area contributed by atoms with Crippen molar-refractivity contribution >= 4 is 17.5 Å². The van der Waals surface area contributed by atoms with Crippen molar-refractivity contribution in [2.75, 3.05) is 4.90 Å². The Kier molecular flexibility index (Phi) is 2.94. The SMILES string of the molecule is CC12c3ccccc3C(c3ccccc31)[C@@H]1C(=O)N(c3ccccc3)C(=O)[C@H]12. The van der Waals surface area contributed by atoms with Gasteiger partial charge < -0.3 is 0 Å². The fourth-order valence-corrected chi connectivity index (χ4v) is 5.98. The molecule has 2 bridgehead atoms. The number of hydrogen-bond donors (Lipinski definition) is 0. The number of amides is 2. The Morgan fingerprint density at radius 3 is 1.86 bits per heavy atom. The van der Waals surface area contributed by atoms with Crippen molar-refractivity contribution in [3.63, 3.8) is 0 Å². The van der Waals surface area contributed by atoms with E-state index < -0.39 is 5.41 Å². The summed E-state index contributed by atoms with van der Waals surface area (Å²) in [6.45, 7) is 2.15. The number of anilines is 1. The highest BCUT2D eigenvalue weighted by molar-refractivity contribution is 6.23. The lowest BCUT2D eigenvalue weighted by molar-refractivity contribution is -0.123. The molecule has 136 valence electrons. The van der Waals surface area contributed by atoms with Gasteiger partial charge in [0.05, 0.1) is 17.5 Å². The van der Waals surface area contributed by atoms with Gasteiger partial charge in [-0.05, 0) is 34.4 Å². The van der Waals surface area contributed by atoms with Gasteiger partial charge in [-0.3, -0.25) is 9.59 Å². The molecule has 2 amide bonds. The quantitative estimate of drug-likeness (QED) is 0.605. The molecule has 28 heavy (non-hydrogen) atoms. The van der Waals surface area contributed by atoms with E-state index in [1.165, 1.54) is 27.2 Å². The van der Waals surface area contributed by atoms with Crippen LogP contribution in [0.4, 0.5) is 5.69 Å². The van der Waals surface area contributed by atoms with Crippen LogP contribution < -0.4 is 4.90 Å². The van der Waals surface area contributed by atoms with E-state index in [0.717, 1.165) is 0 Å². The second-order valence-corrected chi connectivity index (χ2v) is 8.21. The van der Waals surface area contributed by atoms with Gasteiger partial charge in [-0.15, -0.1) is 0 Å². The normalized spacial score (nSPS) is 29.5. The molecule has 3 aromatic rings.